The van der Waals surface area contributed by atoms with Crippen LogP contribution in [0.1, 0.15) is 28.4 Å². The van der Waals surface area contributed by atoms with E-state index < -0.39 is 0 Å². The molecular formula is C13H15N3OS2. The smallest absolute Gasteiger partial charge is 0.203 e. The maximum Gasteiger partial charge on any atom is 0.203 e. The molecule has 0 fully saturated rings. The summed E-state index contributed by atoms with van der Waals surface area (Å²) in [6, 6.07) is 5.92. The van der Waals surface area contributed by atoms with Crippen LogP contribution in [0.15, 0.2) is 22.5 Å². The normalized spacial score (nSPS) is 12.4. The number of carbonyl (C=O) groups excluding carboxylic acids is 1. The monoisotopic (exact) mass is 293 g/mol. The van der Waals surface area contributed by atoms with Crippen LogP contribution < -0.4 is 5.73 Å². The Morgan fingerprint density at radius 1 is 1.37 bits per heavy atom. The Hall–Kier alpha value is -1.40. The van der Waals surface area contributed by atoms with Gasteiger partial charge >= 0.3 is 0 Å². The third-order valence-electron chi connectivity index (χ3n) is 2.73. The number of hydrogen-bond acceptors (Lipinski definition) is 6. The molecule has 19 heavy (non-hydrogen) atoms. The highest BCUT2D eigenvalue weighted by atomic mass is 32.2. The van der Waals surface area contributed by atoms with Gasteiger partial charge in [0.05, 0.1) is 5.25 Å². The fraction of sp³-hybridized carbons (Fsp3) is 0.308. The van der Waals surface area contributed by atoms with E-state index in [4.69, 9.17) is 5.73 Å². The zero-order chi connectivity index (χ0) is 14.0. The minimum absolute atomic E-state index is 0.111. The predicted molar refractivity (Wildman–Crippen MR) is 79.9 cm³/mol. The van der Waals surface area contributed by atoms with Gasteiger partial charge in [0.25, 0.3) is 0 Å². The molecule has 0 amide bonds. The van der Waals surface area contributed by atoms with Crippen molar-refractivity contribution >= 4 is 34.0 Å². The number of Topliss-reactive ketones (excluding diaryl/α,β-unsaturated/α-hetero) is 1. The summed E-state index contributed by atoms with van der Waals surface area (Å²) < 4.78 is 0.726. The summed E-state index contributed by atoms with van der Waals surface area (Å²) in [5.74, 6) is 0.111. The highest BCUT2D eigenvalue weighted by Crippen LogP contribution is 2.29. The third kappa shape index (κ3) is 3.33. The second-order valence-electron chi connectivity index (χ2n) is 4.35. The van der Waals surface area contributed by atoms with Crippen LogP contribution in [-0.2, 0) is 0 Å². The Balaban J connectivity index is 2.16. The molecule has 1 atom stereocenters. The average Bonchev–Trinajstić information content (AvgIpc) is 2.77. The van der Waals surface area contributed by atoms with E-state index in [0.717, 1.165) is 21.0 Å². The molecule has 1 aromatic heterocycles. The number of hydrogen-bond donors (Lipinski definition) is 1. The summed E-state index contributed by atoms with van der Waals surface area (Å²) in [6.45, 7) is 5.82. The molecule has 1 aromatic carbocycles. The molecule has 100 valence electrons. The van der Waals surface area contributed by atoms with Gasteiger partial charge in [-0.1, -0.05) is 40.8 Å². The van der Waals surface area contributed by atoms with Gasteiger partial charge in [-0.05, 0) is 32.4 Å². The first kappa shape index (κ1) is 14.0. The maximum atomic E-state index is 12.4. The van der Waals surface area contributed by atoms with E-state index >= 15 is 0 Å². The standard InChI is InChI=1S/C13H15N3OS2/c1-7-4-5-8(2)10(6-7)11(17)9(3)18-13-16-15-12(14)19-13/h4-6,9H,1-3H3,(H2,14,15)/t9-/m0/s1. The topological polar surface area (TPSA) is 68.9 Å². The van der Waals surface area contributed by atoms with E-state index in [1.54, 1.807) is 0 Å². The summed E-state index contributed by atoms with van der Waals surface area (Å²) in [4.78, 5) is 12.4. The molecule has 2 rings (SSSR count). The molecule has 2 aromatic rings. The van der Waals surface area contributed by atoms with Crippen LogP contribution >= 0.6 is 23.1 Å². The molecule has 2 N–H and O–H groups in total. The summed E-state index contributed by atoms with van der Waals surface area (Å²) >= 11 is 2.70. The number of benzene rings is 1. The number of aromatic nitrogens is 2. The van der Waals surface area contributed by atoms with Gasteiger partial charge in [-0.25, -0.2) is 0 Å². The Kier molecular flexibility index (Phi) is 4.21. The van der Waals surface area contributed by atoms with Crippen LogP contribution in [0.5, 0.6) is 0 Å². The molecule has 0 unspecified atom stereocenters. The molecule has 1 heterocycles. The lowest BCUT2D eigenvalue weighted by Gasteiger charge is -2.11. The largest absolute Gasteiger partial charge is 0.374 e. The van der Waals surface area contributed by atoms with Crippen LogP contribution in [0.25, 0.3) is 0 Å². The molecule has 0 saturated carbocycles. The van der Waals surface area contributed by atoms with Crippen molar-refractivity contribution in [2.45, 2.75) is 30.4 Å². The molecule has 0 saturated heterocycles. The first-order valence-electron chi connectivity index (χ1n) is 5.84. The Bertz CT molecular complexity index is 610. The molecule has 0 aliphatic heterocycles. The SMILES string of the molecule is Cc1ccc(C)c(C(=O)[C@H](C)Sc2nnc(N)s2)c1. The van der Waals surface area contributed by atoms with Crippen molar-refractivity contribution in [3.63, 3.8) is 0 Å². The minimum atomic E-state index is -0.201. The lowest BCUT2D eigenvalue weighted by atomic mass is 10.0. The van der Waals surface area contributed by atoms with Crippen LogP contribution in [-0.4, -0.2) is 21.2 Å². The molecule has 4 nitrogen and oxygen atoms in total. The first-order valence-corrected chi connectivity index (χ1v) is 7.54. The number of anilines is 1. The second-order valence-corrected chi connectivity index (χ2v) is 6.95. The van der Waals surface area contributed by atoms with E-state index in [-0.39, 0.29) is 11.0 Å². The quantitative estimate of drug-likeness (QED) is 0.693. The van der Waals surface area contributed by atoms with E-state index in [2.05, 4.69) is 10.2 Å². The van der Waals surface area contributed by atoms with Gasteiger partial charge in [0.1, 0.15) is 0 Å². The lowest BCUT2D eigenvalue weighted by Crippen LogP contribution is -2.15. The number of rotatable bonds is 4. The van der Waals surface area contributed by atoms with E-state index in [0.29, 0.717) is 5.13 Å². The highest BCUT2D eigenvalue weighted by molar-refractivity contribution is 8.02. The van der Waals surface area contributed by atoms with E-state index in [1.165, 1.54) is 23.1 Å². The number of nitrogens with two attached hydrogens (primary N) is 1. The molecule has 0 spiro atoms. The van der Waals surface area contributed by atoms with Gasteiger partial charge in [-0.3, -0.25) is 4.79 Å². The fourth-order valence-corrected chi connectivity index (χ4v) is 3.54. The molecule has 0 bridgehead atoms. The van der Waals surface area contributed by atoms with Crippen molar-refractivity contribution in [3.05, 3.63) is 34.9 Å². The van der Waals surface area contributed by atoms with Crippen LogP contribution in [0.3, 0.4) is 0 Å². The van der Waals surface area contributed by atoms with Gasteiger partial charge in [0.15, 0.2) is 10.1 Å². The predicted octanol–water partition coefficient (Wildman–Crippen LogP) is 3.10. The highest BCUT2D eigenvalue weighted by Gasteiger charge is 2.20. The van der Waals surface area contributed by atoms with Crippen molar-refractivity contribution in [2.75, 3.05) is 5.73 Å². The van der Waals surface area contributed by atoms with Gasteiger partial charge < -0.3 is 5.73 Å². The van der Waals surface area contributed by atoms with Crippen molar-refractivity contribution in [1.29, 1.82) is 0 Å². The third-order valence-corrected chi connectivity index (χ3v) is 4.66. The van der Waals surface area contributed by atoms with Gasteiger partial charge in [0.2, 0.25) is 5.13 Å². The molecule has 6 heteroatoms. The number of nitrogens with zero attached hydrogens (tertiary/aromatic N) is 2. The zero-order valence-electron chi connectivity index (χ0n) is 11.0. The molecule has 0 radical (unpaired) electrons. The van der Waals surface area contributed by atoms with Crippen LogP contribution in [0.4, 0.5) is 5.13 Å². The number of ketones is 1. The van der Waals surface area contributed by atoms with Gasteiger partial charge in [0, 0.05) is 5.56 Å². The second kappa shape index (κ2) is 5.71. The molecule has 0 aliphatic rings. The molecule has 0 aliphatic carbocycles. The summed E-state index contributed by atoms with van der Waals surface area (Å²) in [5.41, 5.74) is 8.40. The van der Waals surface area contributed by atoms with Crippen LogP contribution in [0.2, 0.25) is 0 Å². The maximum absolute atomic E-state index is 12.4. The number of carbonyl (C=O) groups is 1. The number of thioether (sulfide) groups is 1. The summed E-state index contributed by atoms with van der Waals surface area (Å²) in [5, 5.41) is 7.90. The minimum Gasteiger partial charge on any atom is -0.374 e. The lowest BCUT2D eigenvalue weighted by molar-refractivity contribution is 0.0993. The van der Waals surface area contributed by atoms with Gasteiger partial charge in [-0.2, -0.15) is 0 Å². The van der Waals surface area contributed by atoms with E-state index in [1.807, 2.05) is 39.0 Å². The van der Waals surface area contributed by atoms with Crippen molar-refractivity contribution in [2.24, 2.45) is 0 Å². The summed E-state index contributed by atoms with van der Waals surface area (Å²) in [6.07, 6.45) is 0. The fourth-order valence-electron chi connectivity index (χ4n) is 1.69. The van der Waals surface area contributed by atoms with E-state index in [9.17, 15) is 4.79 Å². The Morgan fingerprint density at radius 2 is 2.11 bits per heavy atom. The van der Waals surface area contributed by atoms with Gasteiger partial charge in [-0.15, -0.1) is 10.2 Å². The van der Waals surface area contributed by atoms with Crippen molar-refractivity contribution < 1.29 is 4.79 Å². The Labute approximate surface area is 120 Å². The van der Waals surface area contributed by atoms with Crippen molar-refractivity contribution in [3.8, 4) is 0 Å². The number of aryl methyl sites for hydroxylation is 2. The summed E-state index contributed by atoms with van der Waals surface area (Å²) in [7, 11) is 0. The zero-order valence-corrected chi connectivity index (χ0v) is 12.6. The number of nitrogen functional groups attached to an aromatic ring is 1. The Morgan fingerprint density at radius 3 is 2.74 bits per heavy atom. The van der Waals surface area contributed by atoms with Crippen LogP contribution in [0, 0.1) is 13.8 Å². The van der Waals surface area contributed by atoms with Crippen molar-refractivity contribution in [1.82, 2.24) is 10.2 Å². The molecular weight excluding hydrogens is 278 g/mol. The first-order chi connectivity index (χ1) is 8.97. The average molecular weight is 293 g/mol.